The number of aliphatic carboxylic acids is 1. The van der Waals surface area contributed by atoms with Crippen molar-refractivity contribution >= 4 is 26.1 Å². The van der Waals surface area contributed by atoms with E-state index in [4.69, 9.17) is 28.5 Å². The van der Waals surface area contributed by atoms with Gasteiger partial charge in [0.25, 0.3) is 0 Å². The van der Waals surface area contributed by atoms with Crippen molar-refractivity contribution < 1.29 is 42.9 Å². The minimum absolute atomic E-state index is 0.133. The predicted molar refractivity (Wildman–Crippen MR) is 138 cm³/mol. The van der Waals surface area contributed by atoms with Crippen molar-refractivity contribution in [2.45, 2.75) is 129 Å². The van der Waals surface area contributed by atoms with Gasteiger partial charge in [0.05, 0.1) is 6.61 Å². The van der Waals surface area contributed by atoms with Crippen LogP contribution in [0.25, 0.3) is 0 Å². The number of carbonyl (C=O) groups excluding carboxylic acids is 2. The van der Waals surface area contributed by atoms with Crippen LogP contribution < -0.4 is 10.6 Å². The number of fused-ring (bicyclic) bond motifs is 1. The van der Waals surface area contributed by atoms with Gasteiger partial charge in [-0.25, -0.2) is 0 Å². The van der Waals surface area contributed by atoms with Gasteiger partial charge < -0.3 is 39.1 Å². The molecular formula is C25H46N2O9Si. The third-order valence-electron chi connectivity index (χ3n) is 7.90. The molecule has 0 aliphatic carbocycles. The highest BCUT2D eigenvalue weighted by Gasteiger charge is 2.56. The van der Waals surface area contributed by atoms with Crippen LogP contribution in [0.4, 0.5) is 0 Å². The van der Waals surface area contributed by atoms with E-state index >= 15 is 0 Å². The Labute approximate surface area is 221 Å². The van der Waals surface area contributed by atoms with Gasteiger partial charge in [0.2, 0.25) is 11.8 Å². The van der Waals surface area contributed by atoms with Crippen LogP contribution in [0.15, 0.2) is 0 Å². The summed E-state index contributed by atoms with van der Waals surface area (Å²) in [5, 5.41) is 14.4. The smallest absolute Gasteiger partial charge is 0.325 e. The molecule has 0 unspecified atom stereocenters. The minimum Gasteiger partial charge on any atom is -0.480 e. The molecule has 0 aromatic heterocycles. The lowest BCUT2D eigenvalue weighted by Gasteiger charge is -2.53. The largest absolute Gasteiger partial charge is 0.480 e. The maximum absolute atomic E-state index is 12.8. The third-order valence-corrected chi connectivity index (χ3v) is 12.4. The Morgan fingerprint density at radius 1 is 1.14 bits per heavy atom. The Kier molecular flexibility index (Phi) is 9.98. The van der Waals surface area contributed by atoms with Crippen LogP contribution >= 0.6 is 0 Å². The minimum atomic E-state index is -2.44. The first-order valence-electron chi connectivity index (χ1n) is 12.9. The fourth-order valence-corrected chi connectivity index (χ4v) is 6.78. The number of amides is 2. The Hall–Kier alpha value is -1.57. The van der Waals surface area contributed by atoms with E-state index < -0.39 is 68.8 Å². The van der Waals surface area contributed by atoms with Crippen LogP contribution in [-0.4, -0.2) is 86.4 Å². The molecule has 2 heterocycles. The fraction of sp³-hybridized carbons (Fsp3) is 0.880. The molecule has 0 spiro atoms. The topological polar surface area (TPSA) is 142 Å². The Bertz CT molecular complexity index is 848. The van der Waals surface area contributed by atoms with Crippen LogP contribution in [0.1, 0.15) is 62.3 Å². The normalized spacial score (nSPS) is 29.7. The number of hydrogen-bond acceptors (Lipinski definition) is 8. The average molecular weight is 547 g/mol. The van der Waals surface area contributed by atoms with E-state index in [-0.39, 0.29) is 17.6 Å². The molecule has 0 aromatic rings. The lowest BCUT2D eigenvalue weighted by atomic mass is 9.94. The summed E-state index contributed by atoms with van der Waals surface area (Å²) in [6, 6.07) is -1.89. The van der Waals surface area contributed by atoms with Gasteiger partial charge in [-0.15, -0.1) is 0 Å². The van der Waals surface area contributed by atoms with Crippen LogP contribution in [0.5, 0.6) is 0 Å². The molecule has 12 heteroatoms. The monoisotopic (exact) mass is 546 g/mol. The van der Waals surface area contributed by atoms with E-state index in [1.165, 1.54) is 20.8 Å². The molecule has 0 radical (unpaired) electrons. The van der Waals surface area contributed by atoms with E-state index in [2.05, 4.69) is 51.4 Å². The molecular weight excluding hydrogens is 500 g/mol. The standard InChI is InChI=1S/C25H46N2O9Si/c1-13(2)24(6,7)37(10,11)36-23-18(27-16(5)28)20(19-17(34-23)12-32-25(8,9)35-19)33-15(4)21(29)26-14(3)22(30)31/h13-15,17-20,23H,12H2,1-11H3,(H,26,29)(H,27,28)(H,30,31)/t14-,15+,17+,18+,19+,20+,23-/m0/s1. The van der Waals surface area contributed by atoms with Gasteiger partial charge in [0.1, 0.15) is 36.5 Å². The maximum Gasteiger partial charge on any atom is 0.325 e. The van der Waals surface area contributed by atoms with Crippen molar-refractivity contribution in [1.29, 1.82) is 0 Å². The molecule has 3 N–H and O–H groups in total. The summed E-state index contributed by atoms with van der Waals surface area (Å²) >= 11 is 0. The number of ether oxygens (including phenoxy) is 4. The maximum atomic E-state index is 12.8. The third kappa shape index (κ3) is 7.51. The van der Waals surface area contributed by atoms with Gasteiger partial charge in [0.15, 0.2) is 20.4 Å². The molecule has 2 aliphatic heterocycles. The van der Waals surface area contributed by atoms with E-state index in [1.807, 2.05) is 0 Å². The summed E-state index contributed by atoms with van der Waals surface area (Å²) < 4.78 is 31.4. The highest BCUT2D eigenvalue weighted by molar-refractivity contribution is 6.74. The Balaban J connectivity index is 2.44. The van der Waals surface area contributed by atoms with Crippen LogP contribution in [0, 0.1) is 5.92 Å². The molecule has 2 aliphatic rings. The number of carboxylic acid groups (broad SMARTS) is 1. The fourth-order valence-electron chi connectivity index (χ4n) is 4.30. The number of nitrogens with one attached hydrogen (secondary N) is 2. The van der Waals surface area contributed by atoms with E-state index in [1.54, 1.807) is 13.8 Å². The average Bonchev–Trinajstić information content (AvgIpc) is 2.74. The van der Waals surface area contributed by atoms with Gasteiger partial charge in [0, 0.05) is 6.92 Å². The zero-order valence-electron chi connectivity index (χ0n) is 24.0. The molecule has 37 heavy (non-hydrogen) atoms. The second-order valence-corrected chi connectivity index (χ2v) is 16.4. The van der Waals surface area contributed by atoms with E-state index in [0.29, 0.717) is 5.92 Å². The van der Waals surface area contributed by atoms with Crippen LogP contribution in [-0.2, 0) is 37.8 Å². The van der Waals surface area contributed by atoms with Crippen molar-refractivity contribution in [1.82, 2.24) is 10.6 Å². The predicted octanol–water partition coefficient (Wildman–Crippen LogP) is 2.39. The van der Waals surface area contributed by atoms with Crippen molar-refractivity contribution in [2.75, 3.05) is 6.61 Å². The lowest BCUT2D eigenvalue weighted by molar-refractivity contribution is -0.367. The van der Waals surface area contributed by atoms with Crippen LogP contribution in [0.3, 0.4) is 0 Å². The number of hydrogen-bond donors (Lipinski definition) is 3. The lowest BCUT2D eigenvalue weighted by Crippen LogP contribution is -2.71. The molecule has 0 bridgehead atoms. The molecule has 2 fully saturated rings. The second kappa shape index (κ2) is 11.7. The quantitative estimate of drug-likeness (QED) is 0.352. The van der Waals surface area contributed by atoms with Gasteiger partial charge in [-0.1, -0.05) is 27.7 Å². The zero-order chi connectivity index (χ0) is 28.5. The van der Waals surface area contributed by atoms with Gasteiger partial charge >= 0.3 is 5.97 Å². The van der Waals surface area contributed by atoms with Crippen molar-refractivity contribution in [3.63, 3.8) is 0 Å². The van der Waals surface area contributed by atoms with Crippen molar-refractivity contribution in [3.05, 3.63) is 0 Å². The molecule has 0 saturated carbocycles. The zero-order valence-corrected chi connectivity index (χ0v) is 25.0. The summed E-state index contributed by atoms with van der Waals surface area (Å²) in [5.74, 6) is -2.69. The summed E-state index contributed by atoms with van der Waals surface area (Å²) in [6.07, 6.45) is -4.03. The number of carbonyl (C=O) groups is 3. The Morgan fingerprint density at radius 2 is 1.73 bits per heavy atom. The molecule has 7 atom stereocenters. The summed E-state index contributed by atoms with van der Waals surface area (Å²) in [4.78, 5) is 36.3. The van der Waals surface area contributed by atoms with Crippen molar-refractivity contribution in [2.24, 2.45) is 5.92 Å². The van der Waals surface area contributed by atoms with Gasteiger partial charge in [-0.3, -0.25) is 14.4 Å². The number of rotatable bonds is 10. The first kappa shape index (κ1) is 31.6. The van der Waals surface area contributed by atoms with Gasteiger partial charge in [-0.05, 0) is 51.7 Å². The van der Waals surface area contributed by atoms with Crippen LogP contribution in [0.2, 0.25) is 18.1 Å². The molecule has 2 saturated heterocycles. The van der Waals surface area contributed by atoms with E-state index in [0.717, 1.165) is 0 Å². The molecule has 214 valence electrons. The number of carboxylic acids is 1. The van der Waals surface area contributed by atoms with Crippen molar-refractivity contribution in [3.8, 4) is 0 Å². The summed E-state index contributed by atoms with van der Waals surface area (Å²) in [6.45, 7) is 20.9. The van der Waals surface area contributed by atoms with E-state index in [9.17, 15) is 14.4 Å². The summed E-state index contributed by atoms with van der Waals surface area (Å²) in [7, 11) is -2.44. The molecule has 2 amide bonds. The first-order chi connectivity index (χ1) is 16.8. The molecule has 2 rings (SSSR count). The highest BCUT2D eigenvalue weighted by Crippen LogP contribution is 2.46. The molecule has 11 nitrogen and oxygen atoms in total. The molecule has 0 aromatic carbocycles. The van der Waals surface area contributed by atoms with Gasteiger partial charge in [-0.2, -0.15) is 0 Å². The Morgan fingerprint density at radius 3 is 2.24 bits per heavy atom. The second-order valence-electron chi connectivity index (χ2n) is 11.9. The first-order valence-corrected chi connectivity index (χ1v) is 15.8. The summed E-state index contributed by atoms with van der Waals surface area (Å²) in [5.41, 5.74) is 0. The SMILES string of the molecule is CC(=O)N[C@H]1[C@H](O[Si](C)(C)C(C)(C)C(C)C)O[C@@H]2COC(C)(C)O[C@H]2[C@@H]1O[C@H](C)C(=O)N[C@@H](C)C(=O)O. The highest BCUT2D eigenvalue weighted by atomic mass is 28.4.